The third kappa shape index (κ3) is 4.61. The molecule has 0 nitrogen and oxygen atoms in total. The molecule has 0 aromatic heterocycles. The fourth-order valence-corrected chi connectivity index (χ4v) is 30.0. The van der Waals surface area contributed by atoms with Crippen LogP contribution in [0.1, 0.15) is 56.2 Å². The summed E-state index contributed by atoms with van der Waals surface area (Å²) in [6.45, 7) is 10.1. The second-order valence-electron chi connectivity index (χ2n) is 11.1. The van der Waals surface area contributed by atoms with Gasteiger partial charge in [-0.25, -0.2) is 0 Å². The van der Waals surface area contributed by atoms with Gasteiger partial charge in [0.25, 0.3) is 0 Å². The van der Waals surface area contributed by atoms with Gasteiger partial charge in [0, 0.05) is 0 Å². The predicted molar refractivity (Wildman–Crippen MR) is 165 cm³/mol. The van der Waals surface area contributed by atoms with Crippen molar-refractivity contribution in [3.63, 3.8) is 0 Å². The second-order valence-corrected chi connectivity index (χ2v) is 31.2. The van der Waals surface area contributed by atoms with Gasteiger partial charge in [-0.3, -0.25) is 0 Å². The van der Waals surface area contributed by atoms with Crippen LogP contribution in [0, 0.1) is 0 Å². The van der Waals surface area contributed by atoms with Crippen molar-refractivity contribution < 1.29 is 20.9 Å². The van der Waals surface area contributed by atoms with Crippen molar-refractivity contribution in [1.82, 2.24) is 0 Å². The van der Waals surface area contributed by atoms with Crippen molar-refractivity contribution in [3.05, 3.63) is 130 Å². The summed E-state index contributed by atoms with van der Waals surface area (Å²) in [7, 11) is 0. The van der Waals surface area contributed by atoms with Crippen LogP contribution in [-0.2, 0) is 20.9 Å². The van der Waals surface area contributed by atoms with Gasteiger partial charge in [-0.2, -0.15) is 0 Å². The minimum atomic E-state index is -2.00. The summed E-state index contributed by atoms with van der Waals surface area (Å²) < 4.78 is 1.43. The molecule has 2 atom stereocenters. The van der Waals surface area contributed by atoms with E-state index in [1.165, 1.54) is 46.2 Å². The average molecular weight is 589 g/mol. The van der Waals surface area contributed by atoms with Crippen molar-refractivity contribution in [1.29, 1.82) is 0 Å². The van der Waals surface area contributed by atoms with Crippen LogP contribution in [0.3, 0.4) is 0 Å². The van der Waals surface area contributed by atoms with E-state index in [1.54, 1.807) is 22.3 Å². The first-order valence-corrected chi connectivity index (χ1v) is 24.2. The first kappa shape index (κ1) is 25.7. The molecule has 0 fully saturated rings. The normalized spacial score (nSPS) is 17.7. The molecule has 2 unspecified atom stereocenters. The molecule has 0 N–H and O–H groups in total. The molecule has 0 amide bonds. The van der Waals surface area contributed by atoms with Gasteiger partial charge in [-0.05, 0) is 0 Å². The molecule has 0 saturated heterocycles. The van der Waals surface area contributed by atoms with Crippen LogP contribution in [0.2, 0.25) is 13.1 Å². The number of hydrogen-bond acceptors (Lipinski definition) is 0. The van der Waals surface area contributed by atoms with Crippen LogP contribution in [0.25, 0.3) is 34.4 Å². The van der Waals surface area contributed by atoms with E-state index >= 15 is 0 Å². The molecule has 2 aliphatic carbocycles. The molecule has 2 aliphatic rings. The molecule has 2 heteroatoms. The molecule has 0 aliphatic heterocycles. The number of allylic oxidation sites excluding steroid dienone is 2. The number of hydrogen-bond donors (Lipinski definition) is 0. The Hall–Kier alpha value is -2.54. The van der Waals surface area contributed by atoms with Crippen molar-refractivity contribution in [2.45, 2.75) is 47.0 Å². The summed E-state index contributed by atoms with van der Waals surface area (Å²) in [5.41, 5.74) is 15.0. The molecule has 6 rings (SSSR count). The fraction of sp³-hybridized carbons (Fsp3) is 0.222. The molecule has 0 heterocycles. The SMILES string of the molecule is CCC1=Cc2cc(-c3ccccc3)ccc2[CH]1[Zr]([CH]1C(CC)=Cc2cc(-c3ccccc3)ccc21)[SiH](C)C. The maximum atomic E-state index is 2.67. The summed E-state index contributed by atoms with van der Waals surface area (Å²) in [6, 6.07) is 36.5. The van der Waals surface area contributed by atoms with Gasteiger partial charge < -0.3 is 0 Å². The number of rotatable bonds is 7. The Kier molecular flexibility index (Phi) is 7.39. The van der Waals surface area contributed by atoms with E-state index in [0.717, 1.165) is 0 Å². The van der Waals surface area contributed by atoms with Gasteiger partial charge in [-0.1, -0.05) is 0 Å². The van der Waals surface area contributed by atoms with Crippen LogP contribution in [-0.4, -0.2) is 5.92 Å². The van der Waals surface area contributed by atoms with Gasteiger partial charge >= 0.3 is 239 Å². The maximum absolute atomic E-state index is 2.67. The first-order chi connectivity index (χ1) is 18.6. The number of benzene rings is 4. The van der Waals surface area contributed by atoms with E-state index in [2.05, 4.69) is 136 Å². The van der Waals surface area contributed by atoms with E-state index < -0.39 is 26.8 Å². The monoisotopic (exact) mass is 587 g/mol. The summed E-state index contributed by atoms with van der Waals surface area (Å²) in [5.74, 6) is -0.843. The molecule has 0 radical (unpaired) electrons. The van der Waals surface area contributed by atoms with Gasteiger partial charge in [-0.15, -0.1) is 0 Å². The molecule has 0 saturated carbocycles. The Balaban J connectivity index is 1.42. The van der Waals surface area contributed by atoms with Gasteiger partial charge in [0.05, 0.1) is 0 Å². The summed E-state index contributed by atoms with van der Waals surface area (Å²) >= 11 is -2.00. The van der Waals surface area contributed by atoms with Crippen molar-refractivity contribution in [2.24, 2.45) is 0 Å². The molecule has 4 aromatic carbocycles. The second kappa shape index (κ2) is 10.9. The van der Waals surface area contributed by atoms with E-state index in [0.29, 0.717) is 7.25 Å². The zero-order chi connectivity index (χ0) is 26.2. The Labute approximate surface area is 237 Å². The van der Waals surface area contributed by atoms with E-state index in [-0.39, 0.29) is 0 Å². The fourth-order valence-electron chi connectivity index (χ4n) is 6.74. The third-order valence-electron chi connectivity index (χ3n) is 8.58. The van der Waals surface area contributed by atoms with Crippen LogP contribution >= 0.6 is 0 Å². The molecular weight excluding hydrogens is 552 g/mol. The molecule has 0 bridgehead atoms. The standard InChI is InChI=1S/2C17H15.C2H7Si.Zr/c2*1-2-13-10-15-8-9-16(12-17(15)11-13)14-6-4-3-5-7-14;1-3-2;/h2*3-12H,2H2,1H3;3H,1-2H3;. The van der Waals surface area contributed by atoms with E-state index in [1.807, 2.05) is 0 Å². The predicted octanol–water partition coefficient (Wildman–Crippen LogP) is 10.0. The molecule has 189 valence electrons. The van der Waals surface area contributed by atoms with Gasteiger partial charge in [0.2, 0.25) is 0 Å². The van der Waals surface area contributed by atoms with Crippen LogP contribution in [0.5, 0.6) is 0 Å². The molecular formula is C36H37SiZr. The Morgan fingerprint density at radius 1 is 0.553 bits per heavy atom. The Morgan fingerprint density at radius 3 is 1.34 bits per heavy atom. The Bertz CT molecular complexity index is 1400. The summed E-state index contributed by atoms with van der Waals surface area (Å²) in [5, 5.41) is 0. The van der Waals surface area contributed by atoms with Crippen LogP contribution in [0.4, 0.5) is 0 Å². The minimum absolute atomic E-state index is 0.716. The van der Waals surface area contributed by atoms with Gasteiger partial charge in [0.15, 0.2) is 0 Å². The van der Waals surface area contributed by atoms with Crippen molar-refractivity contribution in [3.8, 4) is 22.3 Å². The average Bonchev–Trinajstić information content (AvgIpc) is 3.51. The Morgan fingerprint density at radius 2 is 0.974 bits per heavy atom. The van der Waals surface area contributed by atoms with Crippen molar-refractivity contribution in [2.75, 3.05) is 0 Å². The third-order valence-corrected chi connectivity index (χ3v) is 30.3. The zero-order valence-corrected chi connectivity index (χ0v) is 26.7. The number of fused-ring (bicyclic) bond motifs is 2. The van der Waals surface area contributed by atoms with E-state index in [4.69, 9.17) is 0 Å². The topological polar surface area (TPSA) is 0 Å². The summed E-state index contributed by atoms with van der Waals surface area (Å²) in [4.78, 5) is 0. The zero-order valence-electron chi connectivity index (χ0n) is 23.0. The summed E-state index contributed by atoms with van der Waals surface area (Å²) in [6.07, 6.45) is 7.49. The molecule has 0 spiro atoms. The molecule has 4 aromatic rings. The quantitative estimate of drug-likeness (QED) is 0.188. The van der Waals surface area contributed by atoms with E-state index in [9.17, 15) is 0 Å². The van der Waals surface area contributed by atoms with Crippen LogP contribution < -0.4 is 0 Å². The van der Waals surface area contributed by atoms with Crippen LogP contribution in [0.15, 0.2) is 108 Å². The van der Waals surface area contributed by atoms with Crippen molar-refractivity contribution >= 4 is 18.1 Å². The van der Waals surface area contributed by atoms with Gasteiger partial charge in [0.1, 0.15) is 0 Å². The first-order valence-electron chi connectivity index (χ1n) is 14.2. The molecule has 38 heavy (non-hydrogen) atoms.